The van der Waals surface area contributed by atoms with Crippen LogP contribution in [0.25, 0.3) is 22.3 Å². The summed E-state index contributed by atoms with van der Waals surface area (Å²) in [5.74, 6) is 0.400. The van der Waals surface area contributed by atoms with E-state index in [-0.39, 0.29) is 24.5 Å². The van der Waals surface area contributed by atoms with Gasteiger partial charge in [0, 0.05) is 23.2 Å². The van der Waals surface area contributed by atoms with Crippen LogP contribution in [0.3, 0.4) is 0 Å². The Bertz CT molecular complexity index is 1450. The zero-order valence-electron chi connectivity index (χ0n) is 19.4. The van der Waals surface area contributed by atoms with Crippen molar-refractivity contribution in [3.8, 4) is 22.8 Å². The molecule has 34 heavy (non-hydrogen) atoms. The highest BCUT2D eigenvalue weighted by atomic mass is 16.7. The molecular weight excluding hydrogens is 432 g/mol. The lowest BCUT2D eigenvalue weighted by molar-refractivity contribution is 0.101. The van der Waals surface area contributed by atoms with E-state index in [9.17, 15) is 9.59 Å². The molecule has 5 rings (SSSR count). The Balaban J connectivity index is 1.64. The molecule has 1 aliphatic heterocycles. The van der Waals surface area contributed by atoms with Crippen molar-refractivity contribution in [2.24, 2.45) is 0 Å². The number of carbonyl (C=O) groups excluding carboxylic acids is 2. The first-order chi connectivity index (χ1) is 16.3. The molecule has 0 bridgehead atoms. The number of ether oxygens (including phenoxy) is 2. The fraction of sp³-hybridized carbons (Fsp3) is 0.231. The van der Waals surface area contributed by atoms with Gasteiger partial charge < -0.3 is 14.8 Å². The summed E-state index contributed by atoms with van der Waals surface area (Å²) in [6.45, 7) is 7.55. The number of benzene rings is 2. The second kappa shape index (κ2) is 8.30. The highest BCUT2D eigenvalue weighted by molar-refractivity contribution is 6.15. The minimum absolute atomic E-state index is 0.0613. The highest BCUT2D eigenvalue weighted by Gasteiger charge is 2.23. The first kappa shape index (κ1) is 21.6. The predicted octanol–water partition coefficient (Wildman–Crippen LogP) is 5.17. The number of ketones is 1. The number of nitrogens with zero attached hydrogens (tertiary/aromatic N) is 3. The minimum Gasteiger partial charge on any atom is -0.454 e. The van der Waals surface area contributed by atoms with Gasteiger partial charge >= 0.3 is 0 Å². The smallest absolute Gasteiger partial charge is 0.256 e. The Morgan fingerprint density at radius 1 is 1.06 bits per heavy atom. The minimum atomic E-state index is -0.369. The molecular formula is C26H24N4O4. The summed E-state index contributed by atoms with van der Waals surface area (Å²) < 4.78 is 12.6. The Morgan fingerprint density at radius 2 is 1.79 bits per heavy atom. The molecule has 1 aliphatic rings. The van der Waals surface area contributed by atoms with Crippen molar-refractivity contribution < 1.29 is 19.1 Å². The van der Waals surface area contributed by atoms with Crippen LogP contribution in [0.5, 0.6) is 11.5 Å². The third-order valence-electron chi connectivity index (χ3n) is 5.86. The van der Waals surface area contributed by atoms with Crippen molar-refractivity contribution in [2.45, 2.75) is 33.7 Å². The Hall–Kier alpha value is -4.20. The molecule has 0 unspecified atom stereocenters. The van der Waals surface area contributed by atoms with Crippen LogP contribution in [0.2, 0.25) is 0 Å². The van der Waals surface area contributed by atoms with Gasteiger partial charge in [0.25, 0.3) is 5.91 Å². The molecule has 1 N–H and O–H groups in total. The van der Waals surface area contributed by atoms with Gasteiger partial charge in [-0.25, -0.2) is 9.67 Å². The number of amides is 1. The second-order valence-corrected chi connectivity index (χ2v) is 8.55. The lowest BCUT2D eigenvalue weighted by atomic mass is 10.0. The molecule has 1 amide bonds. The molecule has 2 aromatic heterocycles. The number of fused-ring (bicyclic) bond motifs is 2. The summed E-state index contributed by atoms with van der Waals surface area (Å²) in [4.78, 5) is 30.7. The molecule has 3 heterocycles. The van der Waals surface area contributed by atoms with Gasteiger partial charge in [-0.2, -0.15) is 5.10 Å². The number of aromatic nitrogens is 3. The average Bonchev–Trinajstić information content (AvgIpc) is 3.44. The van der Waals surface area contributed by atoms with E-state index in [2.05, 4.69) is 10.4 Å². The van der Waals surface area contributed by atoms with E-state index in [4.69, 9.17) is 14.5 Å². The number of rotatable bonds is 5. The molecule has 0 fully saturated rings. The van der Waals surface area contributed by atoms with Gasteiger partial charge in [0.05, 0.1) is 28.5 Å². The molecule has 8 nitrogen and oxygen atoms in total. The summed E-state index contributed by atoms with van der Waals surface area (Å²) in [5, 5.41) is 8.01. The van der Waals surface area contributed by atoms with Crippen LogP contribution in [0.1, 0.15) is 53.1 Å². The van der Waals surface area contributed by atoms with Crippen molar-refractivity contribution in [1.82, 2.24) is 14.8 Å². The third-order valence-corrected chi connectivity index (χ3v) is 5.86. The first-order valence-corrected chi connectivity index (χ1v) is 11.0. The third kappa shape index (κ3) is 3.67. The van der Waals surface area contributed by atoms with E-state index in [0.717, 1.165) is 11.1 Å². The zero-order valence-corrected chi connectivity index (χ0v) is 19.4. The summed E-state index contributed by atoms with van der Waals surface area (Å²) >= 11 is 0. The number of hydrogen-bond donors (Lipinski definition) is 1. The van der Waals surface area contributed by atoms with E-state index in [1.807, 2.05) is 45.0 Å². The zero-order chi connectivity index (χ0) is 24.0. The first-order valence-electron chi connectivity index (χ1n) is 11.0. The van der Waals surface area contributed by atoms with Crippen LogP contribution in [-0.4, -0.2) is 33.2 Å². The van der Waals surface area contributed by atoms with Crippen molar-refractivity contribution in [3.63, 3.8) is 0 Å². The number of carbonyl (C=O) groups is 2. The molecule has 0 aliphatic carbocycles. The monoisotopic (exact) mass is 456 g/mol. The summed E-state index contributed by atoms with van der Waals surface area (Å²) in [6, 6.07) is 12.9. The number of hydrogen-bond acceptors (Lipinski definition) is 6. The molecule has 0 saturated carbocycles. The number of Topliss-reactive ketones (excluding diaryl/α,β-unsaturated/α-hetero) is 1. The van der Waals surface area contributed by atoms with Gasteiger partial charge in [-0.15, -0.1) is 0 Å². The molecule has 8 heteroatoms. The fourth-order valence-electron chi connectivity index (χ4n) is 4.11. The molecule has 172 valence electrons. The maximum absolute atomic E-state index is 13.6. The van der Waals surface area contributed by atoms with Gasteiger partial charge in [-0.1, -0.05) is 24.3 Å². The number of nitrogens with one attached hydrogen (secondary N) is 1. The molecule has 0 radical (unpaired) electrons. The van der Waals surface area contributed by atoms with E-state index in [1.54, 1.807) is 29.1 Å². The number of anilines is 1. The summed E-state index contributed by atoms with van der Waals surface area (Å²) in [7, 11) is 0. The largest absolute Gasteiger partial charge is 0.454 e. The predicted molar refractivity (Wildman–Crippen MR) is 129 cm³/mol. The van der Waals surface area contributed by atoms with Crippen molar-refractivity contribution in [1.29, 1.82) is 0 Å². The SMILES string of the molecule is CC(=O)c1cc2c(cc1NC(=O)c1cc(-c3ccccc3C)nc3c1cnn3C(C)C)OCO2. The van der Waals surface area contributed by atoms with Crippen molar-refractivity contribution in [2.75, 3.05) is 12.1 Å². The molecule has 0 atom stereocenters. The lowest BCUT2D eigenvalue weighted by Crippen LogP contribution is -2.15. The quantitative estimate of drug-likeness (QED) is 0.416. The van der Waals surface area contributed by atoms with E-state index in [1.165, 1.54) is 6.92 Å². The van der Waals surface area contributed by atoms with Gasteiger partial charge in [-0.3, -0.25) is 9.59 Å². The van der Waals surface area contributed by atoms with Crippen LogP contribution in [0.4, 0.5) is 5.69 Å². The Morgan fingerprint density at radius 3 is 2.50 bits per heavy atom. The molecule has 0 saturated heterocycles. The fourth-order valence-corrected chi connectivity index (χ4v) is 4.11. The maximum Gasteiger partial charge on any atom is 0.256 e. The van der Waals surface area contributed by atoms with E-state index >= 15 is 0 Å². The van der Waals surface area contributed by atoms with Crippen LogP contribution in [0, 0.1) is 6.92 Å². The van der Waals surface area contributed by atoms with Crippen LogP contribution in [-0.2, 0) is 0 Å². The van der Waals surface area contributed by atoms with Gasteiger partial charge in [0.15, 0.2) is 22.9 Å². The van der Waals surface area contributed by atoms with Crippen LogP contribution in [0.15, 0.2) is 48.7 Å². The normalized spacial score (nSPS) is 12.4. The second-order valence-electron chi connectivity index (χ2n) is 8.55. The Kier molecular flexibility index (Phi) is 5.28. The summed E-state index contributed by atoms with van der Waals surface area (Å²) in [5.41, 5.74) is 4.41. The standard InChI is InChI=1S/C26H24N4O4/c1-14(2)30-25-20(12-27-30)19(9-21(28-25)17-8-6-5-7-15(17)3)26(32)29-22-11-24-23(33-13-34-24)10-18(22)16(4)31/h5-12,14H,13H2,1-4H3,(H,29,32). The average molecular weight is 457 g/mol. The Labute approximate surface area is 196 Å². The van der Waals surface area contributed by atoms with E-state index in [0.29, 0.717) is 45.0 Å². The van der Waals surface area contributed by atoms with Gasteiger partial charge in [0.2, 0.25) is 6.79 Å². The van der Waals surface area contributed by atoms with Crippen LogP contribution < -0.4 is 14.8 Å². The lowest BCUT2D eigenvalue weighted by Gasteiger charge is -2.14. The number of pyridine rings is 1. The molecule has 4 aromatic rings. The van der Waals surface area contributed by atoms with Crippen molar-refractivity contribution in [3.05, 3.63) is 65.4 Å². The maximum atomic E-state index is 13.6. The topological polar surface area (TPSA) is 95.3 Å². The van der Waals surface area contributed by atoms with Crippen molar-refractivity contribution >= 4 is 28.4 Å². The summed E-state index contributed by atoms with van der Waals surface area (Å²) in [6.07, 6.45) is 1.66. The van der Waals surface area contributed by atoms with Gasteiger partial charge in [-0.05, 0) is 45.4 Å². The molecule has 2 aromatic carbocycles. The van der Waals surface area contributed by atoms with Gasteiger partial charge in [0.1, 0.15) is 0 Å². The number of aryl methyl sites for hydroxylation is 1. The van der Waals surface area contributed by atoms with E-state index < -0.39 is 0 Å². The molecule has 0 spiro atoms. The van der Waals surface area contributed by atoms with Crippen LogP contribution >= 0.6 is 0 Å². The highest BCUT2D eigenvalue weighted by Crippen LogP contribution is 2.38.